The first-order valence-corrected chi connectivity index (χ1v) is 5.89. The van der Waals surface area contributed by atoms with Gasteiger partial charge in [0.05, 0.1) is 0 Å². The molecular formula is C12H17ClN2O. The normalized spacial score (nSPS) is 10.6. The first-order valence-electron chi connectivity index (χ1n) is 5.51. The van der Waals surface area contributed by atoms with E-state index in [4.69, 9.17) is 11.6 Å². The molecule has 4 heteroatoms. The number of nitrogens with one attached hydrogen (secondary N) is 1. The maximum atomic E-state index is 11.9. The maximum Gasteiger partial charge on any atom is 0.251 e. The minimum atomic E-state index is -0.0823. The van der Waals surface area contributed by atoms with Crippen molar-refractivity contribution in [1.29, 1.82) is 0 Å². The number of aromatic nitrogens is 1. The van der Waals surface area contributed by atoms with Crippen LogP contribution < -0.4 is 5.32 Å². The van der Waals surface area contributed by atoms with Crippen molar-refractivity contribution < 1.29 is 4.79 Å². The van der Waals surface area contributed by atoms with Crippen LogP contribution in [0.2, 0.25) is 5.15 Å². The third-order valence-corrected chi connectivity index (χ3v) is 2.70. The predicted octanol–water partition coefficient (Wildman–Crippen LogP) is 2.96. The van der Waals surface area contributed by atoms with E-state index in [2.05, 4.69) is 24.1 Å². The van der Waals surface area contributed by atoms with E-state index in [-0.39, 0.29) is 11.9 Å². The third kappa shape index (κ3) is 3.49. The molecule has 0 aromatic carbocycles. The zero-order valence-corrected chi connectivity index (χ0v) is 10.6. The highest BCUT2D eigenvalue weighted by Crippen LogP contribution is 2.11. The Morgan fingerprint density at radius 1 is 1.44 bits per heavy atom. The fourth-order valence-corrected chi connectivity index (χ4v) is 1.77. The average molecular weight is 241 g/mol. The summed E-state index contributed by atoms with van der Waals surface area (Å²) in [7, 11) is 0. The summed E-state index contributed by atoms with van der Waals surface area (Å²) in [6.07, 6.45) is 1.86. The molecule has 0 radical (unpaired) electrons. The van der Waals surface area contributed by atoms with Gasteiger partial charge in [-0.1, -0.05) is 25.4 Å². The Labute approximate surface area is 101 Å². The molecule has 0 aliphatic rings. The Hall–Kier alpha value is -1.09. The lowest BCUT2D eigenvalue weighted by molar-refractivity contribution is 0.0934. The van der Waals surface area contributed by atoms with Gasteiger partial charge in [-0.15, -0.1) is 0 Å². The lowest BCUT2D eigenvalue weighted by atomic mass is 10.1. The summed E-state index contributed by atoms with van der Waals surface area (Å²) in [5, 5.41) is 3.32. The van der Waals surface area contributed by atoms with Gasteiger partial charge in [-0.05, 0) is 31.9 Å². The molecule has 3 nitrogen and oxygen atoms in total. The average Bonchev–Trinajstić information content (AvgIpc) is 2.24. The number of pyridine rings is 1. The van der Waals surface area contributed by atoms with Gasteiger partial charge in [0, 0.05) is 17.3 Å². The number of hydrogen-bond donors (Lipinski definition) is 1. The topological polar surface area (TPSA) is 42.0 Å². The molecule has 0 atom stereocenters. The molecule has 0 saturated carbocycles. The van der Waals surface area contributed by atoms with Crippen molar-refractivity contribution >= 4 is 17.5 Å². The molecule has 0 unspecified atom stereocenters. The van der Waals surface area contributed by atoms with Gasteiger partial charge in [0.25, 0.3) is 5.91 Å². The highest BCUT2D eigenvalue weighted by Gasteiger charge is 2.11. The molecule has 1 rings (SSSR count). The standard InChI is InChI=1S/C12H17ClN2O/c1-4-10(5-2)15-12(16)9-6-8(3)14-11(13)7-9/h6-7,10H,4-5H2,1-3H3,(H,15,16). The summed E-state index contributed by atoms with van der Waals surface area (Å²) in [5.41, 5.74) is 1.33. The van der Waals surface area contributed by atoms with Crippen molar-refractivity contribution in [2.75, 3.05) is 0 Å². The smallest absolute Gasteiger partial charge is 0.251 e. The minimum absolute atomic E-state index is 0.0823. The van der Waals surface area contributed by atoms with Gasteiger partial charge in [-0.2, -0.15) is 0 Å². The Balaban J connectivity index is 2.80. The van der Waals surface area contributed by atoms with E-state index in [0.717, 1.165) is 18.5 Å². The third-order valence-electron chi connectivity index (χ3n) is 2.51. The number of nitrogens with zero attached hydrogens (tertiary/aromatic N) is 1. The van der Waals surface area contributed by atoms with Gasteiger partial charge in [0.2, 0.25) is 0 Å². The van der Waals surface area contributed by atoms with Gasteiger partial charge in [0.15, 0.2) is 0 Å². The molecule has 0 saturated heterocycles. The van der Waals surface area contributed by atoms with Crippen LogP contribution in [0.1, 0.15) is 42.7 Å². The van der Waals surface area contributed by atoms with Crippen molar-refractivity contribution in [2.24, 2.45) is 0 Å². The van der Waals surface area contributed by atoms with Crippen molar-refractivity contribution in [2.45, 2.75) is 39.7 Å². The van der Waals surface area contributed by atoms with Crippen LogP contribution in [0.3, 0.4) is 0 Å². The second-order valence-corrected chi connectivity index (χ2v) is 4.19. The highest BCUT2D eigenvalue weighted by molar-refractivity contribution is 6.29. The summed E-state index contributed by atoms with van der Waals surface area (Å²) < 4.78 is 0. The number of hydrogen-bond acceptors (Lipinski definition) is 2. The monoisotopic (exact) mass is 240 g/mol. The van der Waals surface area contributed by atoms with Gasteiger partial charge in [-0.3, -0.25) is 4.79 Å². The van der Waals surface area contributed by atoms with Crippen LogP contribution in [0.15, 0.2) is 12.1 Å². The number of halogens is 1. The fourth-order valence-electron chi connectivity index (χ4n) is 1.52. The summed E-state index contributed by atoms with van der Waals surface area (Å²) in [6, 6.07) is 3.55. The van der Waals surface area contributed by atoms with Gasteiger partial charge in [-0.25, -0.2) is 4.98 Å². The Bertz CT molecular complexity index is 355. The van der Waals surface area contributed by atoms with Gasteiger partial charge in [0.1, 0.15) is 5.15 Å². The molecule has 1 N–H and O–H groups in total. The van der Waals surface area contributed by atoms with Crippen LogP contribution in [0.25, 0.3) is 0 Å². The summed E-state index contributed by atoms with van der Waals surface area (Å²) in [4.78, 5) is 15.9. The Morgan fingerprint density at radius 3 is 2.56 bits per heavy atom. The number of aryl methyl sites for hydroxylation is 1. The van der Waals surface area contributed by atoms with Crippen LogP contribution in [0.4, 0.5) is 0 Å². The van der Waals surface area contributed by atoms with E-state index in [1.165, 1.54) is 0 Å². The zero-order valence-electron chi connectivity index (χ0n) is 9.88. The van der Waals surface area contributed by atoms with Crippen molar-refractivity contribution in [3.8, 4) is 0 Å². The predicted molar refractivity (Wildman–Crippen MR) is 65.8 cm³/mol. The molecule has 16 heavy (non-hydrogen) atoms. The molecule has 0 aliphatic heterocycles. The molecule has 88 valence electrons. The van der Waals surface area contributed by atoms with Crippen LogP contribution in [-0.2, 0) is 0 Å². The molecule has 1 aromatic heterocycles. The van der Waals surface area contributed by atoms with Crippen molar-refractivity contribution in [3.63, 3.8) is 0 Å². The number of amides is 1. The minimum Gasteiger partial charge on any atom is -0.349 e. The Kier molecular flexibility index (Phi) is 4.74. The first-order chi connectivity index (χ1) is 7.56. The molecule has 1 aromatic rings. The molecular weight excluding hydrogens is 224 g/mol. The first kappa shape index (κ1) is 13.0. The van der Waals surface area contributed by atoms with E-state index < -0.39 is 0 Å². The lowest BCUT2D eigenvalue weighted by Crippen LogP contribution is -2.33. The quantitative estimate of drug-likeness (QED) is 0.823. The summed E-state index contributed by atoms with van der Waals surface area (Å²) >= 11 is 5.81. The summed E-state index contributed by atoms with van der Waals surface area (Å²) in [6.45, 7) is 5.93. The Morgan fingerprint density at radius 2 is 2.06 bits per heavy atom. The molecule has 1 heterocycles. The summed E-state index contributed by atoms with van der Waals surface area (Å²) in [5.74, 6) is -0.0823. The second kappa shape index (κ2) is 5.85. The van der Waals surface area contributed by atoms with Crippen LogP contribution in [-0.4, -0.2) is 16.9 Å². The molecule has 0 bridgehead atoms. The van der Waals surface area contributed by atoms with E-state index in [9.17, 15) is 4.79 Å². The van der Waals surface area contributed by atoms with Gasteiger partial charge < -0.3 is 5.32 Å². The van der Waals surface area contributed by atoms with Gasteiger partial charge >= 0.3 is 0 Å². The zero-order chi connectivity index (χ0) is 12.1. The molecule has 1 amide bonds. The van der Waals surface area contributed by atoms with Crippen molar-refractivity contribution in [1.82, 2.24) is 10.3 Å². The second-order valence-electron chi connectivity index (χ2n) is 3.81. The van der Waals surface area contributed by atoms with E-state index in [1.54, 1.807) is 12.1 Å². The molecule has 0 aliphatic carbocycles. The van der Waals surface area contributed by atoms with E-state index in [0.29, 0.717) is 10.7 Å². The lowest BCUT2D eigenvalue weighted by Gasteiger charge is -2.14. The molecule has 0 spiro atoms. The SMILES string of the molecule is CCC(CC)NC(=O)c1cc(C)nc(Cl)c1. The van der Waals surface area contributed by atoms with Crippen molar-refractivity contribution in [3.05, 3.63) is 28.5 Å². The maximum absolute atomic E-state index is 11.9. The number of rotatable bonds is 4. The van der Waals surface area contributed by atoms with Crippen LogP contribution >= 0.6 is 11.6 Å². The number of carbonyl (C=O) groups is 1. The number of carbonyl (C=O) groups excluding carboxylic acids is 1. The molecule has 0 fully saturated rings. The highest BCUT2D eigenvalue weighted by atomic mass is 35.5. The van der Waals surface area contributed by atoms with Crippen LogP contribution in [0, 0.1) is 6.92 Å². The van der Waals surface area contributed by atoms with E-state index in [1.807, 2.05) is 6.92 Å². The van der Waals surface area contributed by atoms with E-state index >= 15 is 0 Å². The largest absolute Gasteiger partial charge is 0.349 e. The van der Waals surface area contributed by atoms with Crippen LogP contribution in [0.5, 0.6) is 0 Å². The fraction of sp³-hybridized carbons (Fsp3) is 0.500.